The smallest absolute Gasteiger partial charge is 0.113 e. The van der Waals surface area contributed by atoms with Crippen LogP contribution in [0.4, 0.5) is 5.69 Å². The minimum absolute atomic E-state index is 0.712. The van der Waals surface area contributed by atoms with Gasteiger partial charge in [-0.3, -0.25) is 4.90 Å². The number of pyridine rings is 1. The van der Waals surface area contributed by atoms with Crippen LogP contribution in [-0.4, -0.2) is 42.7 Å². The molecule has 1 aliphatic rings. The second kappa shape index (κ2) is 5.67. The van der Waals surface area contributed by atoms with E-state index in [0.717, 1.165) is 44.2 Å². The van der Waals surface area contributed by atoms with Gasteiger partial charge in [-0.1, -0.05) is 5.92 Å². The molecule has 0 aromatic carbocycles. The molecule has 1 aromatic heterocycles. The van der Waals surface area contributed by atoms with Crippen LogP contribution in [0.1, 0.15) is 11.4 Å². The van der Waals surface area contributed by atoms with Crippen molar-refractivity contribution in [3.05, 3.63) is 23.5 Å². The summed E-state index contributed by atoms with van der Waals surface area (Å²) in [5, 5.41) is 0. The number of aromatic nitrogens is 1. The number of hydrogen-bond donors (Lipinski definition) is 1. The Hall–Kier alpha value is -1.57. The van der Waals surface area contributed by atoms with Crippen LogP contribution in [0.2, 0.25) is 0 Å². The maximum absolute atomic E-state index is 5.70. The van der Waals surface area contributed by atoms with Crippen molar-refractivity contribution >= 4 is 5.69 Å². The summed E-state index contributed by atoms with van der Waals surface area (Å²) in [6, 6.07) is 3.70. The number of nitrogens with two attached hydrogens (primary N) is 1. The van der Waals surface area contributed by atoms with Crippen LogP contribution in [0.15, 0.2) is 12.1 Å². The topological polar surface area (TPSA) is 51.4 Å². The van der Waals surface area contributed by atoms with Gasteiger partial charge >= 0.3 is 0 Å². The van der Waals surface area contributed by atoms with Crippen LogP contribution in [-0.2, 0) is 4.74 Å². The predicted molar refractivity (Wildman–Crippen MR) is 67.5 cm³/mol. The van der Waals surface area contributed by atoms with Gasteiger partial charge in [0.1, 0.15) is 5.69 Å². The minimum atomic E-state index is 0.712. The Morgan fingerprint density at radius 1 is 1.41 bits per heavy atom. The predicted octanol–water partition coefficient (Wildman–Crippen LogP) is 0.656. The first-order valence-electron chi connectivity index (χ1n) is 5.78. The fourth-order valence-corrected chi connectivity index (χ4v) is 1.64. The number of aryl methyl sites for hydroxylation is 1. The first-order chi connectivity index (χ1) is 8.25. The third-order valence-electron chi connectivity index (χ3n) is 2.75. The Balaban J connectivity index is 1.93. The zero-order valence-electron chi connectivity index (χ0n) is 10.1. The van der Waals surface area contributed by atoms with Gasteiger partial charge in [-0.25, -0.2) is 4.98 Å². The highest BCUT2D eigenvalue weighted by Crippen LogP contribution is 2.07. The molecule has 0 bridgehead atoms. The maximum Gasteiger partial charge on any atom is 0.113 e. The number of nitrogen functional groups attached to an aromatic ring is 1. The largest absolute Gasteiger partial charge is 0.397 e. The normalized spacial score (nSPS) is 16.3. The molecule has 17 heavy (non-hydrogen) atoms. The summed E-state index contributed by atoms with van der Waals surface area (Å²) >= 11 is 0. The molecule has 2 rings (SSSR count). The van der Waals surface area contributed by atoms with Gasteiger partial charge in [-0.15, -0.1) is 0 Å². The van der Waals surface area contributed by atoms with E-state index in [9.17, 15) is 0 Å². The second-order valence-corrected chi connectivity index (χ2v) is 4.06. The Kier molecular flexibility index (Phi) is 3.97. The van der Waals surface area contributed by atoms with Gasteiger partial charge in [0, 0.05) is 13.1 Å². The molecule has 0 saturated carbocycles. The fourth-order valence-electron chi connectivity index (χ4n) is 1.64. The number of ether oxygens (including phenoxy) is 1. The molecule has 1 saturated heterocycles. The molecule has 0 unspecified atom stereocenters. The van der Waals surface area contributed by atoms with Crippen molar-refractivity contribution in [2.24, 2.45) is 0 Å². The molecule has 0 spiro atoms. The minimum Gasteiger partial charge on any atom is -0.397 e. The molecule has 4 nitrogen and oxygen atoms in total. The second-order valence-electron chi connectivity index (χ2n) is 4.06. The molecule has 2 heterocycles. The molecule has 0 aliphatic carbocycles. The number of morpholine rings is 1. The van der Waals surface area contributed by atoms with E-state index in [-0.39, 0.29) is 0 Å². The summed E-state index contributed by atoms with van der Waals surface area (Å²) in [5.74, 6) is 6.20. The van der Waals surface area contributed by atoms with Gasteiger partial charge in [0.15, 0.2) is 0 Å². The zero-order valence-corrected chi connectivity index (χ0v) is 10.1. The molecule has 1 aromatic rings. The van der Waals surface area contributed by atoms with Crippen molar-refractivity contribution in [3.8, 4) is 11.8 Å². The first-order valence-corrected chi connectivity index (χ1v) is 5.78. The third kappa shape index (κ3) is 3.45. The first kappa shape index (κ1) is 11.9. The standard InChI is InChI=1S/C13H17N3O/c1-11-13(14)5-4-12(15-11)3-2-6-16-7-9-17-10-8-16/h4-5H,6-10,14H2,1H3. The highest BCUT2D eigenvalue weighted by molar-refractivity contribution is 5.45. The average Bonchev–Trinajstić information content (AvgIpc) is 2.35. The summed E-state index contributed by atoms with van der Waals surface area (Å²) in [5.41, 5.74) is 8.03. The summed E-state index contributed by atoms with van der Waals surface area (Å²) in [6.07, 6.45) is 0. The van der Waals surface area contributed by atoms with Gasteiger partial charge in [-0.2, -0.15) is 0 Å². The lowest BCUT2D eigenvalue weighted by atomic mass is 10.2. The Bertz CT molecular complexity index is 442. The Morgan fingerprint density at radius 3 is 2.88 bits per heavy atom. The quantitative estimate of drug-likeness (QED) is 0.721. The van der Waals surface area contributed by atoms with Crippen molar-refractivity contribution in [2.75, 3.05) is 38.6 Å². The maximum atomic E-state index is 5.70. The zero-order chi connectivity index (χ0) is 12.1. The summed E-state index contributed by atoms with van der Waals surface area (Å²) in [6.45, 7) is 6.20. The van der Waals surface area contributed by atoms with Crippen molar-refractivity contribution in [3.63, 3.8) is 0 Å². The van der Waals surface area contributed by atoms with Crippen LogP contribution in [0.3, 0.4) is 0 Å². The van der Waals surface area contributed by atoms with Crippen molar-refractivity contribution in [1.29, 1.82) is 0 Å². The molecule has 90 valence electrons. The van der Waals surface area contributed by atoms with Gasteiger partial charge in [-0.05, 0) is 25.0 Å². The number of nitrogens with zero attached hydrogens (tertiary/aromatic N) is 2. The molecule has 1 fully saturated rings. The van der Waals surface area contributed by atoms with Crippen molar-refractivity contribution in [2.45, 2.75) is 6.92 Å². The number of hydrogen-bond acceptors (Lipinski definition) is 4. The van der Waals surface area contributed by atoms with Gasteiger partial charge in [0.2, 0.25) is 0 Å². The number of anilines is 1. The lowest BCUT2D eigenvalue weighted by molar-refractivity contribution is 0.0443. The van der Waals surface area contributed by atoms with Crippen LogP contribution < -0.4 is 5.73 Å². The Labute approximate surface area is 102 Å². The molecule has 2 N–H and O–H groups in total. The highest BCUT2D eigenvalue weighted by Gasteiger charge is 2.07. The van der Waals surface area contributed by atoms with E-state index in [1.54, 1.807) is 0 Å². The van der Waals surface area contributed by atoms with E-state index in [1.165, 1.54) is 0 Å². The summed E-state index contributed by atoms with van der Waals surface area (Å²) < 4.78 is 5.28. The van der Waals surface area contributed by atoms with E-state index in [1.807, 2.05) is 19.1 Å². The van der Waals surface area contributed by atoms with Crippen LogP contribution in [0.25, 0.3) is 0 Å². The molecule has 0 atom stereocenters. The van der Waals surface area contributed by atoms with Gasteiger partial charge < -0.3 is 10.5 Å². The monoisotopic (exact) mass is 231 g/mol. The fraction of sp³-hybridized carbons (Fsp3) is 0.462. The lowest BCUT2D eigenvalue weighted by Gasteiger charge is -2.24. The molecule has 0 amide bonds. The van der Waals surface area contributed by atoms with Gasteiger partial charge in [0.25, 0.3) is 0 Å². The molecular weight excluding hydrogens is 214 g/mol. The molecule has 0 radical (unpaired) electrons. The van der Waals surface area contributed by atoms with E-state index < -0.39 is 0 Å². The van der Waals surface area contributed by atoms with E-state index in [4.69, 9.17) is 10.5 Å². The van der Waals surface area contributed by atoms with E-state index in [2.05, 4.69) is 21.7 Å². The average molecular weight is 231 g/mol. The summed E-state index contributed by atoms with van der Waals surface area (Å²) in [7, 11) is 0. The van der Waals surface area contributed by atoms with Gasteiger partial charge in [0.05, 0.1) is 31.1 Å². The van der Waals surface area contributed by atoms with Crippen LogP contribution >= 0.6 is 0 Å². The van der Waals surface area contributed by atoms with Crippen molar-refractivity contribution in [1.82, 2.24) is 9.88 Å². The number of rotatable bonds is 1. The lowest BCUT2D eigenvalue weighted by Crippen LogP contribution is -2.36. The van der Waals surface area contributed by atoms with E-state index >= 15 is 0 Å². The summed E-state index contributed by atoms with van der Waals surface area (Å²) in [4.78, 5) is 6.59. The van der Waals surface area contributed by atoms with Crippen LogP contribution in [0, 0.1) is 18.8 Å². The molecule has 4 heteroatoms. The van der Waals surface area contributed by atoms with Crippen molar-refractivity contribution < 1.29 is 4.74 Å². The SMILES string of the molecule is Cc1nc(C#CCN2CCOCC2)ccc1N. The highest BCUT2D eigenvalue weighted by atomic mass is 16.5. The van der Waals surface area contributed by atoms with E-state index in [0.29, 0.717) is 5.69 Å². The van der Waals surface area contributed by atoms with Crippen LogP contribution in [0.5, 0.6) is 0 Å². The Morgan fingerprint density at radius 2 is 2.18 bits per heavy atom. The molecule has 1 aliphatic heterocycles. The third-order valence-corrected chi connectivity index (χ3v) is 2.75. The molecular formula is C13H17N3O.